The molecule has 1 unspecified atom stereocenters. The van der Waals surface area contributed by atoms with Gasteiger partial charge in [-0.3, -0.25) is 0 Å². The molecule has 1 atom stereocenters. The van der Waals surface area contributed by atoms with Crippen LogP contribution in [0.1, 0.15) is 67.7 Å². The van der Waals surface area contributed by atoms with E-state index < -0.39 is 11.4 Å². The zero-order valence-corrected chi connectivity index (χ0v) is 12.4. The maximum atomic E-state index is 12.0. The van der Waals surface area contributed by atoms with Crippen molar-refractivity contribution in [3.8, 4) is 0 Å². The molecule has 0 amide bonds. The van der Waals surface area contributed by atoms with Gasteiger partial charge in [0.15, 0.2) is 0 Å². The first-order valence-electron chi connectivity index (χ1n) is 6.42. The van der Waals surface area contributed by atoms with Crippen LogP contribution in [0.3, 0.4) is 0 Å². The summed E-state index contributed by atoms with van der Waals surface area (Å²) in [4.78, 5) is 16.0. The van der Waals surface area contributed by atoms with Crippen molar-refractivity contribution in [2.24, 2.45) is 16.2 Å². The van der Waals surface area contributed by atoms with Gasteiger partial charge in [0.25, 0.3) is 0 Å². The normalized spacial score (nSPS) is 16.5. The predicted octanol–water partition coefficient (Wildman–Crippen LogP) is 4.27. The van der Waals surface area contributed by atoms with Gasteiger partial charge in [0.1, 0.15) is 0 Å². The molecule has 1 N–H and O–H groups in total. The van der Waals surface area contributed by atoms with Gasteiger partial charge in [-0.05, 0) is 30.6 Å². The minimum atomic E-state index is -0.671. The molecule has 3 heteroatoms. The summed E-state index contributed by atoms with van der Waals surface area (Å²) in [5, 5.41) is 8.75. The van der Waals surface area contributed by atoms with Gasteiger partial charge in [0, 0.05) is 0 Å². The Morgan fingerprint density at radius 1 is 1.06 bits per heavy atom. The van der Waals surface area contributed by atoms with Crippen molar-refractivity contribution in [2.75, 3.05) is 0 Å². The van der Waals surface area contributed by atoms with E-state index in [1.54, 1.807) is 0 Å². The molecule has 0 aromatic carbocycles. The Kier molecular flexibility index (Phi) is 5.20. The van der Waals surface area contributed by atoms with Crippen molar-refractivity contribution in [1.82, 2.24) is 0 Å². The van der Waals surface area contributed by atoms with E-state index >= 15 is 0 Å². The van der Waals surface area contributed by atoms with Crippen molar-refractivity contribution < 1.29 is 14.9 Å². The van der Waals surface area contributed by atoms with Crippen LogP contribution in [0.15, 0.2) is 0 Å². The molecule has 0 aliphatic heterocycles. The van der Waals surface area contributed by atoms with Crippen LogP contribution in [0.4, 0.5) is 0 Å². The summed E-state index contributed by atoms with van der Waals surface area (Å²) in [6, 6.07) is 0. The number of hydrogen-bond donors (Lipinski definition) is 1. The van der Waals surface area contributed by atoms with Crippen LogP contribution < -0.4 is 0 Å². The first-order valence-corrected chi connectivity index (χ1v) is 6.42. The van der Waals surface area contributed by atoms with Crippen LogP contribution in [-0.4, -0.2) is 11.2 Å². The highest BCUT2D eigenvalue weighted by Gasteiger charge is 2.50. The van der Waals surface area contributed by atoms with Crippen molar-refractivity contribution in [3.63, 3.8) is 0 Å². The van der Waals surface area contributed by atoms with Gasteiger partial charge >= 0.3 is 5.97 Å². The van der Waals surface area contributed by atoms with Gasteiger partial charge in [0.05, 0.1) is 5.41 Å². The Balaban J connectivity index is 5.34. The van der Waals surface area contributed by atoms with E-state index in [4.69, 9.17) is 5.26 Å². The number of carbonyl (C=O) groups excluding carboxylic acids is 1. The van der Waals surface area contributed by atoms with Crippen LogP contribution in [-0.2, 0) is 9.68 Å². The number of carbonyl (C=O) groups is 1. The third-order valence-corrected chi connectivity index (χ3v) is 4.70. The third kappa shape index (κ3) is 3.44. The zero-order chi connectivity index (χ0) is 13.9. The quantitative estimate of drug-likeness (QED) is 0.560. The Morgan fingerprint density at radius 3 is 1.82 bits per heavy atom. The summed E-state index contributed by atoms with van der Waals surface area (Å²) in [6.45, 7) is 14.5. The Morgan fingerprint density at radius 2 is 1.53 bits per heavy atom. The van der Waals surface area contributed by atoms with Gasteiger partial charge in [-0.25, -0.2) is 4.79 Å². The molecular formula is C14H28O3. The smallest absolute Gasteiger partial charge is 0.300 e. The van der Waals surface area contributed by atoms with Gasteiger partial charge in [-0.2, -0.15) is 5.26 Å². The van der Waals surface area contributed by atoms with E-state index in [9.17, 15) is 4.79 Å². The van der Waals surface area contributed by atoms with Crippen LogP contribution in [0.5, 0.6) is 0 Å². The summed E-state index contributed by atoms with van der Waals surface area (Å²) < 4.78 is 0. The SMILES string of the molecule is CCC(C)(C)CC(C)(C(=O)OO)C(C)(C)CC. The van der Waals surface area contributed by atoms with Crippen LogP contribution in [0.2, 0.25) is 0 Å². The molecule has 0 fully saturated rings. The lowest BCUT2D eigenvalue weighted by atomic mass is 9.58. The molecule has 0 aliphatic rings. The molecule has 0 saturated heterocycles. The molecule has 0 rings (SSSR count). The third-order valence-electron chi connectivity index (χ3n) is 4.70. The lowest BCUT2D eigenvalue weighted by Gasteiger charge is -2.45. The Hall–Kier alpha value is -0.570. The Bertz CT molecular complexity index is 269. The summed E-state index contributed by atoms with van der Waals surface area (Å²) in [7, 11) is 0. The summed E-state index contributed by atoms with van der Waals surface area (Å²) in [6.07, 6.45) is 2.55. The fraction of sp³-hybridized carbons (Fsp3) is 0.929. The molecule has 0 heterocycles. The van der Waals surface area contributed by atoms with Crippen molar-refractivity contribution >= 4 is 5.97 Å². The minimum absolute atomic E-state index is 0.0510. The van der Waals surface area contributed by atoms with Gasteiger partial charge in [-0.1, -0.05) is 48.0 Å². The van der Waals surface area contributed by atoms with E-state index in [2.05, 4.69) is 46.4 Å². The maximum Gasteiger partial charge on any atom is 0.348 e. The van der Waals surface area contributed by atoms with E-state index in [-0.39, 0.29) is 10.8 Å². The van der Waals surface area contributed by atoms with Crippen molar-refractivity contribution in [1.29, 1.82) is 0 Å². The predicted molar refractivity (Wildman–Crippen MR) is 69.6 cm³/mol. The van der Waals surface area contributed by atoms with Crippen LogP contribution in [0.25, 0.3) is 0 Å². The maximum absolute atomic E-state index is 12.0. The lowest BCUT2D eigenvalue weighted by Crippen LogP contribution is -2.45. The molecule has 0 radical (unpaired) electrons. The van der Waals surface area contributed by atoms with Gasteiger partial charge in [-0.15, -0.1) is 0 Å². The molecule has 0 aromatic heterocycles. The highest BCUT2D eigenvalue weighted by molar-refractivity contribution is 5.76. The highest BCUT2D eigenvalue weighted by atomic mass is 17.1. The molecule has 3 nitrogen and oxygen atoms in total. The van der Waals surface area contributed by atoms with Crippen LogP contribution in [0, 0.1) is 16.2 Å². The molecular weight excluding hydrogens is 216 g/mol. The first kappa shape index (κ1) is 16.4. The molecule has 0 saturated carbocycles. The standard InChI is InChI=1S/C14H28O3/c1-8-12(3,4)10-14(7,11(15)17-16)13(5,6)9-2/h16H,8-10H2,1-7H3. The number of hydrogen-bond acceptors (Lipinski definition) is 3. The van der Waals surface area contributed by atoms with E-state index in [0.29, 0.717) is 6.42 Å². The summed E-state index contributed by atoms with van der Waals surface area (Å²) in [5.74, 6) is -0.522. The van der Waals surface area contributed by atoms with E-state index in [0.717, 1.165) is 12.8 Å². The fourth-order valence-electron chi connectivity index (χ4n) is 2.16. The molecule has 17 heavy (non-hydrogen) atoms. The van der Waals surface area contributed by atoms with Crippen molar-refractivity contribution in [3.05, 3.63) is 0 Å². The molecule has 102 valence electrons. The van der Waals surface area contributed by atoms with E-state index in [1.807, 2.05) is 6.92 Å². The number of rotatable bonds is 6. The topological polar surface area (TPSA) is 46.5 Å². The van der Waals surface area contributed by atoms with Crippen LogP contribution >= 0.6 is 0 Å². The molecule has 0 aliphatic carbocycles. The average molecular weight is 244 g/mol. The average Bonchev–Trinajstić information content (AvgIpc) is 2.26. The summed E-state index contributed by atoms with van der Waals surface area (Å²) >= 11 is 0. The second-order valence-corrected chi connectivity index (χ2v) is 6.64. The molecule has 0 bridgehead atoms. The second-order valence-electron chi connectivity index (χ2n) is 6.64. The van der Waals surface area contributed by atoms with Crippen molar-refractivity contribution in [2.45, 2.75) is 67.7 Å². The van der Waals surface area contributed by atoms with Gasteiger partial charge < -0.3 is 4.89 Å². The minimum Gasteiger partial charge on any atom is -0.300 e. The lowest BCUT2D eigenvalue weighted by molar-refractivity contribution is -0.252. The zero-order valence-electron chi connectivity index (χ0n) is 12.4. The van der Waals surface area contributed by atoms with E-state index in [1.165, 1.54) is 0 Å². The molecule has 0 aromatic rings. The largest absolute Gasteiger partial charge is 0.348 e. The highest BCUT2D eigenvalue weighted by Crippen LogP contribution is 2.50. The first-order chi connectivity index (χ1) is 7.56. The molecule has 0 spiro atoms. The monoisotopic (exact) mass is 244 g/mol. The fourth-order valence-corrected chi connectivity index (χ4v) is 2.16. The summed E-state index contributed by atoms with van der Waals surface area (Å²) in [5.41, 5.74) is -0.829. The Labute approximate surface area is 105 Å². The van der Waals surface area contributed by atoms with Gasteiger partial charge in [0.2, 0.25) is 0 Å². The second kappa shape index (κ2) is 5.38.